The van der Waals surface area contributed by atoms with Gasteiger partial charge in [-0.25, -0.2) is 0 Å². The average Bonchev–Trinajstić information content (AvgIpc) is 3.04. The maximum atomic E-state index is 11.7. The van der Waals surface area contributed by atoms with Gasteiger partial charge < -0.3 is 93.0 Å². The Bertz CT molecular complexity index is 1050. The van der Waals surface area contributed by atoms with Crippen LogP contribution in [-0.2, 0) is 18.9 Å². The molecule has 0 aromatic carbocycles. The normalized spacial score (nSPS) is 40.7. The Morgan fingerprint density at radius 2 is 1.62 bits per heavy atom. The molecule has 3 aliphatic rings. The third-order valence-corrected chi connectivity index (χ3v) is 9.11. The monoisotopic (exact) mass is 696 g/mol. The van der Waals surface area contributed by atoms with E-state index in [4.69, 9.17) is 52.1 Å². The summed E-state index contributed by atoms with van der Waals surface area (Å²) in [5.74, 6) is -0.610. The second-order valence-corrected chi connectivity index (χ2v) is 13.2. The zero-order valence-electron chi connectivity index (χ0n) is 27.4. The molecule has 1 saturated carbocycles. The van der Waals surface area contributed by atoms with Crippen molar-refractivity contribution in [3.63, 3.8) is 0 Å². The van der Waals surface area contributed by atoms with Crippen LogP contribution in [0.4, 0.5) is 0 Å². The molecule has 2 saturated heterocycles. The standard InChI is InChI=1S/C28H56N8O12/c1-10(29)24(32)35-7-11-4-5-12(30)26(46-11)47-21-13(31)6-14(36-25(33)18(41)17(40)16(39)15(38)8-37)22(19(21)42)48-27-20(43)23(34-3)28(2,44)9-45-27/h10-23,26-27,34,37-44H,4-9,29-31H2,1-3H3,(H2,32,35)(H2,33,36)/t10?,11-,12?,13-,14+,15?,16?,17?,18?,19?,20?,21?,22?,23+,26+,27+,28?/m0/s1. The zero-order chi connectivity index (χ0) is 36.1. The second kappa shape index (κ2) is 17.5. The number of aliphatic hydroxyl groups is 8. The molecule has 0 aromatic rings. The smallest absolute Gasteiger partial charge is 0.185 e. The van der Waals surface area contributed by atoms with Crippen LogP contribution >= 0.6 is 0 Å². The van der Waals surface area contributed by atoms with Gasteiger partial charge in [-0.3, -0.25) is 10.8 Å². The number of hydrogen-bond acceptors (Lipinski definition) is 18. The van der Waals surface area contributed by atoms with Crippen LogP contribution in [0.25, 0.3) is 0 Å². The van der Waals surface area contributed by atoms with E-state index in [0.717, 1.165) is 0 Å². The van der Waals surface area contributed by atoms with Crippen molar-refractivity contribution < 1.29 is 59.8 Å². The van der Waals surface area contributed by atoms with Crippen LogP contribution in [-0.4, -0.2) is 183 Å². The van der Waals surface area contributed by atoms with Gasteiger partial charge in [0.05, 0.1) is 43.5 Å². The number of nitrogens with one attached hydrogen (secondary N) is 5. The summed E-state index contributed by atoms with van der Waals surface area (Å²) >= 11 is 0. The molecule has 0 aromatic heterocycles. The number of ether oxygens (including phenoxy) is 4. The molecular formula is C28H56N8O12. The fourth-order valence-corrected chi connectivity index (χ4v) is 6.13. The number of likely N-dealkylation sites (N-methyl/N-ethyl adjacent to an activating group) is 1. The number of hydrogen-bond donors (Lipinski definition) is 16. The van der Waals surface area contributed by atoms with E-state index in [2.05, 4.69) is 16.0 Å². The van der Waals surface area contributed by atoms with Gasteiger partial charge in [0.2, 0.25) is 0 Å². The molecule has 0 radical (unpaired) electrons. The first-order valence-electron chi connectivity index (χ1n) is 16.0. The summed E-state index contributed by atoms with van der Waals surface area (Å²) in [5, 5.41) is 108. The quantitative estimate of drug-likeness (QED) is 0.0592. The molecule has 2 heterocycles. The van der Waals surface area contributed by atoms with Crippen LogP contribution < -0.4 is 33.2 Å². The molecule has 3 fully saturated rings. The van der Waals surface area contributed by atoms with Crippen LogP contribution in [0.1, 0.15) is 33.1 Å². The molecule has 20 nitrogen and oxygen atoms in total. The molecule has 1 aliphatic carbocycles. The lowest BCUT2D eigenvalue weighted by Crippen LogP contribution is -2.69. The Labute approximate surface area is 278 Å². The second-order valence-electron chi connectivity index (χ2n) is 13.2. The first-order valence-corrected chi connectivity index (χ1v) is 16.0. The predicted octanol–water partition coefficient (Wildman–Crippen LogP) is -6.98. The summed E-state index contributed by atoms with van der Waals surface area (Å²) in [5.41, 5.74) is 17.0. The molecule has 48 heavy (non-hydrogen) atoms. The molecule has 19 N–H and O–H groups in total. The van der Waals surface area contributed by atoms with E-state index in [-0.39, 0.29) is 25.4 Å². The third-order valence-electron chi connectivity index (χ3n) is 9.11. The molecule has 0 bridgehead atoms. The van der Waals surface area contributed by atoms with Gasteiger partial charge in [0, 0.05) is 12.6 Å². The van der Waals surface area contributed by atoms with Crippen molar-refractivity contribution in [1.29, 1.82) is 10.8 Å². The molecule has 11 unspecified atom stereocenters. The predicted molar refractivity (Wildman–Crippen MR) is 169 cm³/mol. The van der Waals surface area contributed by atoms with Crippen molar-refractivity contribution in [3.05, 3.63) is 0 Å². The number of aliphatic hydroxyl groups excluding tert-OH is 7. The van der Waals surface area contributed by atoms with Crippen molar-refractivity contribution in [1.82, 2.24) is 16.0 Å². The van der Waals surface area contributed by atoms with Crippen molar-refractivity contribution in [2.45, 2.75) is 136 Å². The van der Waals surface area contributed by atoms with Gasteiger partial charge in [0.1, 0.15) is 66.1 Å². The van der Waals surface area contributed by atoms with Crippen molar-refractivity contribution in [3.8, 4) is 0 Å². The first kappa shape index (κ1) is 40.7. The minimum absolute atomic E-state index is 0.0755. The van der Waals surface area contributed by atoms with Gasteiger partial charge in [-0.1, -0.05) is 0 Å². The Morgan fingerprint density at radius 1 is 0.979 bits per heavy atom. The first-order chi connectivity index (χ1) is 22.4. The third kappa shape index (κ3) is 9.75. The van der Waals surface area contributed by atoms with Crippen LogP contribution in [0, 0.1) is 10.8 Å². The van der Waals surface area contributed by atoms with Crippen LogP contribution in [0.2, 0.25) is 0 Å². The molecule has 20 heteroatoms. The van der Waals surface area contributed by atoms with E-state index in [1.807, 2.05) is 0 Å². The molecule has 280 valence electrons. The minimum atomic E-state index is -2.09. The van der Waals surface area contributed by atoms with Gasteiger partial charge in [-0.15, -0.1) is 0 Å². The summed E-state index contributed by atoms with van der Waals surface area (Å²) < 4.78 is 23.9. The fourth-order valence-electron chi connectivity index (χ4n) is 6.13. The van der Waals surface area contributed by atoms with E-state index >= 15 is 0 Å². The largest absolute Gasteiger partial charge is 0.394 e. The Kier molecular flexibility index (Phi) is 14.8. The van der Waals surface area contributed by atoms with Crippen molar-refractivity contribution in [2.75, 3.05) is 26.8 Å². The maximum absolute atomic E-state index is 11.7. The lowest BCUT2D eigenvalue weighted by atomic mass is 9.83. The van der Waals surface area contributed by atoms with Crippen molar-refractivity contribution in [2.24, 2.45) is 17.2 Å². The molecule has 17 atom stereocenters. The highest BCUT2D eigenvalue weighted by molar-refractivity contribution is 5.84. The number of amidine groups is 2. The number of nitrogens with two attached hydrogens (primary N) is 3. The number of rotatable bonds is 14. The lowest BCUT2D eigenvalue weighted by Gasteiger charge is -2.49. The van der Waals surface area contributed by atoms with E-state index in [0.29, 0.717) is 12.8 Å². The van der Waals surface area contributed by atoms with E-state index in [9.17, 15) is 35.7 Å². The maximum Gasteiger partial charge on any atom is 0.185 e. The Hall–Kier alpha value is -1.70. The molecular weight excluding hydrogens is 640 g/mol. The molecule has 0 spiro atoms. The summed E-state index contributed by atoms with van der Waals surface area (Å²) in [6, 6.07) is -4.04. The van der Waals surface area contributed by atoms with Crippen LogP contribution in [0.5, 0.6) is 0 Å². The van der Waals surface area contributed by atoms with Crippen LogP contribution in [0.3, 0.4) is 0 Å². The van der Waals surface area contributed by atoms with E-state index in [1.165, 1.54) is 14.0 Å². The van der Waals surface area contributed by atoms with E-state index in [1.54, 1.807) is 6.92 Å². The molecule has 3 rings (SSSR count). The van der Waals surface area contributed by atoms with Gasteiger partial charge >= 0.3 is 0 Å². The van der Waals surface area contributed by atoms with Gasteiger partial charge in [-0.2, -0.15) is 0 Å². The summed E-state index contributed by atoms with van der Waals surface area (Å²) in [6.45, 7) is 2.21. The Morgan fingerprint density at radius 3 is 2.23 bits per heavy atom. The highest BCUT2D eigenvalue weighted by atomic mass is 16.7. The lowest BCUT2D eigenvalue weighted by molar-refractivity contribution is -0.307. The Balaban J connectivity index is 1.82. The van der Waals surface area contributed by atoms with Crippen molar-refractivity contribution >= 4 is 11.7 Å². The fraction of sp³-hybridized carbons (Fsp3) is 0.929. The SMILES string of the molecule is CN[C@@H]1C(O)[C@@H](OC2C(O)C(O[C@H]3O[C@H](CNC(=N)C(C)N)CCC3N)[C@@H](N)C[C@H]2NC(=N)C(O)C(O)C(O)C(O)CO)OCC1(C)O. The van der Waals surface area contributed by atoms with Crippen LogP contribution in [0.15, 0.2) is 0 Å². The van der Waals surface area contributed by atoms with Gasteiger partial charge in [0.15, 0.2) is 12.6 Å². The highest BCUT2D eigenvalue weighted by Gasteiger charge is 2.52. The molecule has 2 aliphatic heterocycles. The minimum Gasteiger partial charge on any atom is -0.394 e. The highest BCUT2D eigenvalue weighted by Crippen LogP contribution is 2.32. The summed E-state index contributed by atoms with van der Waals surface area (Å²) in [7, 11) is 1.53. The summed E-state index contributed by atoms with van der Waals surface area (Å²) in [4.78, 5) is 0. The van der Waals surface area contributed by atoms with E-state index < -0.39 is 116 Å². The zero-order valence-corrected chi connectivity index (χ0v) is 27.4. The topological polar surface area (TPSA) is 361 Å². The molecule has 0 amide bonds. The average molecular weight is 697 g/mol. The van der Waals surface area contributed by atoms with Gasteiger partial charge in [0.25, 0.3) is 0 Å². The van der Waals surface area contributed by atoms with Gasteiger partial charge in [-0.05, 0) is 40.2 Å². The summed E-state index contributed by atoms with van der Waals surface area (Å²) in [6.07, 6.45) is -15.4.